The summed E-state index contributed by atoms with van der Waals surface area (Å²) in [5, 5.41) is 4.94. The fourth-order valence-corrected chi connectivity index (χ4v) is 5.14. The minimum absolute atomic E-state index is 0.0230. The SMILES string of the molecule is C/C=C/c1ccc(OCCCCn2c(CCCCCNC(=O)c3cccs3)nc3ccccc32)c(OC)c1. The van der Waals surface area contributed by atoms with Crippen LogP contribution in [0, 0.1) is 0 Å². The summed E-state index contributed by atoms with van der Waals surface area (Å²) < 4.78 is 13.9. The molecule has 0 unspecified atom stereocenters. The van der Waals surface area contributed by atoms with Gasteiger partial charge >= 0.3 is 0 Å². The first-order valence-corrected chi connectivity index (χ1v) is 14.3. The summed E-state index contributed by atoms with van der Waals surface area (Å²) in [4.78, 5) is 17.8. The number of nitrogens with zero attached hydrogens (tertiary/aromatic N) is 2. The Bertz CT molecular complexity index is 1330. The summed E-state index contributed by atoms with van der Waals surface area (Å²) in [6.07, 6.45) is 9.99. The van der Waals surface area contributed by atoms with Gasteiger partial charge in [0.2, 0.25) is 0 Å². The van der Waals surface area contributed by atoms with Crippen LogP contribution in [0.5, 0.6) is 11.5 Å². The third kappa shape index (κ3) is 7.48. The van der Waals surface area contributed by atoms with Crippen molar-refractivity contribution in [3.05, 3.63) is 82.3 Å². The number of thiophene rings is 1. The monoisotopic (exact) mass is 531 g/mol. The number of allylic oxidation sites excluding steroid dienone is 1. The van der Waals surface area contributed by atoms with Crippen molar-refractivity contribution in [2.45, 2.75) is 52.0 Å². The Balaban J connectivity index is 1.24. The highest BCUT2D eigenvalue weighted by atomic mass is 32.1. The van der Waals surface area contributed by atoms with Gasteiger partial charge in [-0.05, 0) is 73.9 Å². The Hall–Kier alpha value is -3.58. The number of aryl methyl sites for hydroxylation is 2. The van der Waals surface area contributed by atoms with E-state index in [0.717, 1.165) is 78.4 Å². The lowest BCUT2D eigenvalue weighted by Gasteiger charge is -2.12. The van der Waals surface area contributed by atoms with Crippen molar-refractivity contribution in [1.82, 2.24) is 14.9 Å². The van der Waals surface area contributed by atoms with Gasteiger partial charge in [-0.1, -0.05) is 42.8 Å². The normalized spacial score (nSPS) is 11.3. The highest BCUT2D eigenvalue weighted by Gasteiger charge is 2.11. The lowest BCUT2D eigenvalue weighted by Crippen LogP contribution is -2.23. The number of hydrogen-bond donors (Lipinski definition) is 1. The first-order chi connectivity index (χ1) is 18.7. The first-order valence-electron chi connectivity index (χ1n) is 13.4. The zero-order valence-corrected chi connectivity index (χ0v) is 23.1. The number of unbranched alkanes of at least 4 members (excludes halogenated alkanes) is 3. The molecule has 2 aromatic carbocycles. The number of rotatable bonds is 15. The number of fused-ring (bicyclic) bond motifs is 1. The Labute approximate surface area is 229 Å². The van der Waals surface area contributed by atoms with Gasteiger partial charge in [-0.15, -0.1) is 11.3 Å². The molecule has 1 N–H and O–H groups in total. The number of carbonyl (C=O) groups excluding carboxylic acids is 1. The van der Waals surface area contributed by atoms with Gasteiger partial charge in [-0.25, -0.2) is 4.98 Å². The van der Waals surface area contributed by atoms with E-state index in [4.69, 9.17) is 14.5 Å². The molecule has 0 bridgehead atoms. The summed E-state index contributed by atoms with van der Waals surface area (Å²) in [5.74, 6) is 2.70. The van der Waals surface area contributed by atoms with Gasteiger partial charge in [0.15, 0.2) is 11.5 Å². The Morgan fingerprint density at radius 1 is 1.03 bits per heavy atom. The summed E-state index contributed by atoms with van der Waals surface area (Å²) in [7, 11) is 1.68. The number of aromatic nitrogens is 2. The van der Waals surface area contributed by atoms with E-state index in [1.165, 1.54) is 16.9 Å². The maximum Gasteiger partial charge on any atom is 0.261 e. The van der Waals surface area contributed by atoms with Crippen molar-refractivity contribution in [1.29, 1.82) is 0 Å². The topological polar surface area (TPSA) is 65.4 Å². The first kappa shape index (κ1) is 27.5. The summed E-state index contributed by atoms with van der Waals surface area (Å²) in [6.45, 7) is 4.25. The van der Waals surface area contributed by atoms with Gasteiger partial charge in [0.1, 0.15) is 5.82 Å². The van der Waals surface area contributed by atoms with Gasteiger partial charge in [0.05, 0.1) is 29.6 Å². The van der Waals surface area contributed by atoms with Gasteiger partial charge < -0.3 is 19.4 Å². The maximum atomic E-state index is 12.1. The van der Waals surface area contributed by atoms with Crippen LogP contribution in [-0.2, 0) is 13.0 Å². The third-order valence-electron chi connectivity index (χ3n) is 6.42. The Kier molecular flexibility index (Phi) is 10.4. The van der Waals surface area contributed by atoms with Crippen molar-refractivity contribution in [2.24, 2.45) is 0 Å². The molecule has 200 valence electrons. The molecule has 4 rings (SSSR count). The molecule has 0 saturated carbocycles. The quantitative estimate of drug-likeness (QED) is 0.166. The molecule has 0 spiro atoms. The van der Waals surface area contributed by atoms with E-state index in [0.29, 0.717) is 13.2 Å². The molecule has 0 radical (unpaired) electrons. The standard InChI is InChI=1S/C31H37N3O3S/c1-3-12-24-17-18-27(28(23-24)36-2)37-21-10-9-20-34-26-14-7-6-13-25(26)33-30(34)16-5-4-8-19-32-31(35)29-15-11-22-38-29/h3,6-7,11-15,17-18,22-23H,4-5,8-10,16,19-21H2,1-2H3,(H,32,35)/b12-3+. The lowest BCUT2D eigenvalue weighted by atomic mass is 10.2. The molecule has 4 aromatic rings. The molecule has 0 aliphatic rings. The summed E-state index contributed by atoms with van der Waals surface area (Å²) >= 11 is 1.47. The van der Waals surface area contributed by atoms with Crippen molar-refractivity contribution in [3.8, 4) is 11.5 Å². The van der Waals surface area contributed by atoms with Crippen LogP contribution in [0.1, 0.15) is 60.1 Å². The molecule has 38 heavy (non-hydrogen) atoms. The molecule has 0 fully saturated rings. The van der Waals surface area contributed by atoms with E-state index in [-0.39, 0.29) is 5.91 Å². The number of carbonyl (C=O) groups is 1. The zero-order valence-electron chi connectivity index (χ0n) is 22.3. The lowest BCUT2D eigenvalue weighted by molar-refractivity contribution is 0.0957. The molecular weight excluding hydrogens is 494 g/mol. The van der Waals surface area contributed by atoms with Crippen LogP contribution in [0.15, 0.2) is 66.1 Å². The number of imidazole rings is 1. The highest BCUT2D eigenvalue weighted by molar-refractivity contribution is 7.12. The van der Waals surface area contributed by atoms with E-state index < -0.39 is 0 Å². The highest BCUT2D eigenvalue weighted by Crippen LogP contribution is 2.29. The smallest absolute Gasteiger partial charge is 0.261 e. The number of ether oxygens (including phenoxy) is 2. The predicted octanol–water partition coefficient (Wildman–Crippen LogP) is 7.14. The summed E-state index contributed by atoms with van der Waals surface area (Å²) in [6, 6.07) is 18.1. The molecular formula is C31H37N3O3S. The fourth-order valence-electron chi connectivity index (χ4n) is 4.50. The summed E-state index contributed by atoms with van der Waals surface area (Å²) in [5.41, 5.74) is 3.33. The van der Waals surface area contributed by atoms with Crippen LogP contribution in [0.3, 0.4) is 0 Å². The number of nitrogens with one attached hydrogen (secondary N) is 1. The number of hydrogen-bond acceptors (Lipinski definition) is 5. The van der Waals surface area contributed by atoms with Crippen LogP contribution in [0.25, 0.3) is 17.1 Å². The molecule has 6 nitrogen and oxygen atoms in total. The maximum absolute atomic E-state index is 12.1. The molecule has 0 aliphatic carbocycles. The number of methoxy groups -OCH3 is 1. The van der Waals surface area contributed by atoms with E-state index in [2.05, 4.69) is 28.1 Å². The van der Waals surface area contributed by atoms with Crippen molar-refractivity contribution in [3.63, 3.8) is 0 Å². The second kappa shape index (κ2) is 14.4. The third-order valence-corrected chi connectivity index (χ3v) is 7.29. The molecule has 2 aromatic heterocycles. The molecule has 7 heteroatoms. The number of amides is 1. The number of benzene rings is 2. The van der Waals surface area contributed by atoms with Crippen LogP contribution >= 0.6 is 11.3 Å². The minimum atomic E-state index is 0.0230. The van der Waals surface area contributed by atoms with E-state index in [1.54, 1.807) is 7.11 Å². The molecule has 2 heterocycles. The predicted molar refractivity (Wildman–Crippen MR) is 156 cm³/mol. The molecule has 0 aliphatic heterocycles. The van der Waals surface area contributed by atoms with E-state index in [9.17, 15) is 4.79 Å². The molecule has 1 amide bonds. The van der Waals surface area contributed by atoms with Crippen LogP contribution in [0.2, 0.25) is 0 Å². The Morgan fingerprint density at radius 3 is 2.74 bits per heavy atom. The van der Waals surface area contributed by atoms with Gasteiger partial charge in [0.25, 0.3) is 5.91 Å². The minimum Gasteiger partial charge on any atom is -0.493 e. The van der Waals surface area contributed by atoms with Crippen LogP contribution < -0.4 is 14.8 Å². The largest absolute Gasteiger partial charge is 0.493 e. The van der Waals surface area contributed by atoms with E-state index >= 15 is 0 Å². The van der Waals surface area contributed by atoms with Crippen LogP contribution in [0.4, 0.5) is 0 Å². The van der Waals surface area contributed by atoms with E-state index in [1.807, 2.05) is 60.9 Å². The average molecular weight is 532 g/mol. The second-order valence-corrected chi connectivity index (χ2v) is 10.1. The fraction of sp³-hybridized carbons (Fsp3) is 0.355. The number of para-hydroxylation sites is 2. The zero-order chi connectivity index (χ0) is 26.6. The van der Waals surface area contributed by atoms with Gasteiger partial charge in [0, 0.05) is 19.5 Å². The average Bonchev–Trinajstić information content (AvgIpc) is 3.60. The van der Waals surface area contributed by atoms with Crippen molar-refractivity contribution >= 4 is 34.4 Å². The van der Waals surface area contributed by atoms with Crippen LogP contribution in [-0.4, -0.2) is 35.7 Å². The van der Waals surface area contributed by atoms with Gasteiger partial charge in [-0.2, -0.15) is 0 Å². The van der Waals surface area contributed by atoms with Gasteiger partial charge in [-0.3, -0.25) is 4.79 Å². The van der Waals surface area contributed by atoms with Crippen molar-refractivity contribution < 1.29 is 14.3 Å². The van der Waals surface area contributed by atoms with Crippen molar-refractivity contribution in [2.75, 3.05) is 20.3 Å². The second-order valence-electron chi connectivity index (χ2n) is 9.18. The molecule has 0 saturated heterocycles. The Morgan fingerprint density at radius 2 is 1.92 bits per heavy atom. The molecule has 0 atom stereocenters.